The molecule has 8 nitrogen and oxygen atoms in total. The Morgan fingerprint density at radius 3 is 2.28 bits per heavy atom. The highest BCUT2D eigenvalue weighted by atomic mass is 16.5. The Morgan fingerprint density at radius 1 is 0.889 bits per heavy atom. The Morgan fingerprint density at radius 2 is 1.58 bits per heavy atom. The van der Waals surface area contributed by atoms with E-state index in [1.807, 2.05) is 30.3 Å². The number of rotatable bonds is 7. The normalized spacial score (nSPS) is 16.6. The van der Waals surface area contributed by atoms with Crippen LogP contribution in [-0.2, 0) is 26.1 Å². The second kappa shape index (κ2) is 10.6. The molecule has 0 radical (unpaired) electrons. The van der Waals surface area contributed by atoms with Gasteiger partial charge in [0.25, 0.3) is 0 Å². The molecule has 3 aromatic rings. The van der Waals surface area contributed by atoms with Gasteiger partial charge in [-0.15, -0.1) is 0 Å². The summed E-state index contributed by atoms with van der Waals surface area (Å²) >= 11 is 0. The zero-order valence-corrected chi connectivity index (χ0v) is 20.9. The molecule has 3 heterocycles. The number of nitrogens with zero attached hydrogens (tertiary/aromatic N) is 3. The van der Waals surface area contributed by atoms with Crippen molar-refractivity contribution in [1.82, 2.24) is 9.80 Å². The second-order valence-electron chi connectivity index (χ2n) is 9.41. The lowest BCUT2D eigenvalue weighted by Gasteiger charge is -2.36. The van der Waals surface area contributed by atoms with E-state index in [4.69, 9.17) is 13.9 Å². The predicted octanol–water partition coefficient (Wildman–Crippen LogP) is 3.24. The summed E-state index contributed by atoms with van der Waals surface area (Å²) in [5.74, 6) is 1.50. The molecule has 1 fully saturated rings. The van der Waals surface area contributed by atoms with Crippen LogP contribution in [0.3, 0.4) is 0 Å². The van der Waals surface area contributed by atoms with Crippen LogP contribution in [0, 0.1) is 0 Å². The van der Waals surface area contributed by atoms with E-state index in [1.54, 1.807) is 14.2 Å². The minimum absolute atomic E-state index is 0.0508. The van der Waals surface area contributed by atoms with Gasteiger partial charge >= 0.3 is 5.63 Å². The molecule has 190 valence electrons. The van der Waals surface area contributed by atoms with Gasteiger partial charge < -0.3 is 23.9 Å². The maximum atomic E-state index is 12.5. The highest BCUT2D eigenvalue weighted by Crippen LogP contribution is 2.34. The fourth-order valence-corrected chi connectivity index (χ4v) is 5.14. The van der Waals surface area contributed by atoms with Crippen LogP contribution in [0.5, 0.6) is 17.2 Å². The second-order valence-corrected chi connectivity index (χ2v) is 9.41. The van der Waals surface area contributed by atoms with E-state index in [0.717, 1.165) is 44.9 Å². The largest absolute Gasteiger partial charge is 0.507 e. The molecule has 0 aliphatic carbocycles. The average molecular weight is 492 g/mol. The van der Waals surface area contributed by atoms with Gasteiger partial charge in [-0.1, -0.05) is 18.2 Å². The lowest BCUT2D eigenvalue weighted by molar-refractivity contribution is 0.230. The minimum atomic E-state index is -0.470. The maximum absolute atomic E-state index is 12.5. The molecule has 0 unspecified atom stereocenters. The van der Waals surface area contributed by atoms with Gasteiger partial charge in [0.15, 0.2) is 11.5 Å². The summed E-state index contributed by atoms with van der Waals surface area (Å²) in [6, 6.07) is 14.4. The number of aromatic hydroxyl groups is 1. The van der Waals surface area contributed by atoms with Crippen LogP contribution in [0.25, 0.3) is 0 Å². The predicted molar refractivity (Wildman–Crippen MR) is 138 cm³/mol. The summed E-state index contributed by atoms with van der Waals surface area (Å²) in [5, 5.41) is 11.0. The van der Waals surface area contributed by atoms with Crippen molar-refractivity contribution in [2.75, 3.05) is 51.8 Å². The zero-order valence-electron chi connectivity index (χ0n) is 20.9. The first-order valence-corrected chi connectivity index (χ1v) is 12.4. The monoisotopic (exact) mass is 491 g/mol. The van der Waals surface area contributed by atoms with Crippen molar-refractivity contribution in [3.63, 3.8) is 0 Å². The lowest BCUT2D eigenvalue weighted by atomic mass is 9.98. The van der Waals surface area contributed by atoms with Crippen molar-refractivity contribution in [3.05, 3.63) is 81.4 Å². The fraction of sp³-hybridized carbons (Fsp3) is 0.393. The third-order valence-electron chi connectivity index (χ3n) is 7.21. The number of anilines is 1. The van der Waals surface area contributed by atoms with Gasteiger partial charge in [0.1, 0.15) is 12.0 Å². The summed E-state index contributed by atoms with van der Waals surface area (Å²) in [7, 11) is 3.28. The van der Waals surface area contributed by atoms with Gasteiger partial charge in [-0.05, 0) is 41.8 Å². The van der Waals surface area contributed by atoms with E-state index in [-0.39, 0.29) is 5.75 Å². The SMILES string of the molecule is COc1cc2c(cc1OC)CN(Cc1coc(=O)c(CN3CCN(c4ccccc4)CC3)c1O)CC2. The molecule has 0 spiro atoms. The molecule has 1 saturated heterocycles. The van der Waals surface area contributed by atoms with Crippen molar-refractivity contribution in [2.24, 2.45) is 0 Å². The molecule has 0 bridgehead atoms. The highest BCUT2D eigenvalue weighted by Gasteiger charge is 2.24. The fourth-order valence-electron chi connectivity index (χ4n) is 5.14. The van der Waals surface area contributed by atoms with Crippen LogP contribution in [0.2, 0.25) is 0 Å². The third-order valence-corrected chi connectivity index (χ3v) is 7.21. The minimum Gasteiger partial charge on any atom is -0.507 e. The summed E-state index contributed by atoms with van der Waals surface area (Å²) < 4.78 is 16.3. The summed E-state index contributed by atoms with van der Waals surface area (Å²) in [5.41, 5.74) is 4.12. The summed E-state index contributed by atoms with van der Waals surface area (Å²) in [6.07, 6.45) is 2.27. The smallest absolute Gasteiger partial charge is 0.343 e. The number of fused-ring (bicyclic) bond motifs is 1. The highest BCUT2D eigenvalue weighted by molar-refractivity contribution is 5.48. The number of hydrogen-bond acceptors (Lipinski definition) is 8. The Labute approximate surface area is 211 Å². The quantitative estimate of drug-likeness (QED) is 0.540. The number of piperazine rings is 1. The van der Waals surface area contributed by atoms with E-state index in [9.17, 15) is 9.90 Å². The molecular weight excluding hydrogens is 458 g/mol. The van der Waals surface area contributed by atoms with Crippen LogP contribution in [0.15, 0.2) is 57.9 Å². The van der Waals surface area contributed by atoms with Crippen molar-refractivity contribution < 1.29 is 19.0 Å². The Hall–Kier alpha value is -3.49. The van der Waals surface area contributed by atoms with Gasteiger partial charge in [0.05, 0.1) is 19.8 Å². The first kappa shape index (κ1) is 24.2. The lowest BCUT2D eigenvalue weighted by Crippen LogP contribution is -2.46. The summed E-state index contributed by atoms with van der Waals surface area (Å²) in [6.45, 7) is 5.79. The number of para-hydroxylation sites is 1. The van der Waals surface area contributed by atoms with Crippen LogP contribution < -0.4 is 20.0 Å². The standard InChI is InChI=1S/C28H33N3O5/c1-34-25-14-20-8-9-30(16-21(20)15-26(25)35-2)17-22-19-36-28(33)24(27(22)32)18-29-10-12-31(13-11-29)23-6-4-3-5-7-23/h3-7,14-15,19,32H,8-13,16-18H2,1-2H3. The van der Waals surface area contributed by atoms with Gasteiger partial charge in [-0.25, -0.2) is 4.79 Å². The van der Waals surface area contributed by atoms with E-state index >= 15 is 0 Å². The van der Waals surface area contributed by atoms with Crippen LogP contribution >= 0.6 is 0 Å². The molecular formula is C28H33N3O5. The van der Waals surface area contributed by atoms with Crippen LogP contribution in [-0.4, -0.2) is 61.8 Å². The van der Waals surface area contributed by atoms with Crippen molar-refractivity contribution in [1.29, 1.82) is 0 Å². The number of hydrogen-bond donors (Lipinski definition) is 1. The maximum Gasteiger partial charge on any atom is 0.343 e. The molecule has 1 N–H and O–H groups in total. The van der Waals surface area contributed by atoms with Gasteiger partial charge in [-0.2, -0.15) is 0 Å². The number of ether oxygens (including phenoxy) is 2. The topological polar surface area (TPSA) is 78.6 Å². The average Bonchev–Trinajstić information content (AvgIpc) is 2.92. The van der Waals surface area contributed by atoms with Crippen LogP contribution in [0.1, 0.15) is 22.3 Å². The molecule has 36 heavy (non-hydrogen) atoms. The molecule has 2 aromatic carbocycles. The first-order chi connectivity index (χ1) is 17.6. The van der Waals surface area contributed by atoms with Gasteiger partial charge in [0, 0.05) is 63.6 Å². The molecule has 2 aliphatic heterocycles. The number of benzene rings is 2. The van der Waals surface area contributed by atoms with Gasteiger partial charge in [-0.3, -0.25) is 9.80 Å². The van der Waals surface area contributed by atoms with E-state index in [0.29, 0.717) is 36.5 Å². The molecule has 1 aromatic heterocycles. The van der Waals surface area contributed by atoms with Crippen molar-refractivity contribution >= 4 is 5.69 Å². The Bertz CT molecular complexity index is 1250. The molecule has 8 heteroatoms. The van der Waals surface area contributed by atoms with Crippen molar-refractivity contribution in [3.8, 4) is 17.2 Å². The third kappa shape index (κ3) is 5.05. The number of methoxy groups -OCH3 is 2. The molecule has 2 aliphatic rings. The van der Waals surface area contributed by atoms with E-state index < -0.39 is 5.63 Å². The molecule has 5 rings (SSSR count). The Kier molecular flexibility index (Phi) is 7.16. The van der Waals surface area contributed by atoms with Crippen LogP contribution in [0.4, 0.5) is 5.69 Å². The summed E-state index contributed by atoms with van der Waals surface area (Å²) in [4.78, 5) is 19.3. The van der Waals surface area contributed by atoms with Crippen molar-refractivity contribution in [2.45, 2.75) is 26.1 Å². The molecule has 0 atom stereocenters. The Balaban J connectivity index is 1.25. The molecule has 0 amide bonds. The molecule has 0 saturated carbocycles. The van der Waals surface area contributed by atoms with E-state index in [1.165, 1.54) is 23.1 Å². The van der Waals surface area contributed by atoms with Gasteiger partial charge in [0.2, 0.25) is 0 Å². The van der Waals surface area contributed by atoms with E-state index in [2.05, 4.69) is 26.8 Å². The zero-order chi connectivity index (χ0) is 25.1. The first-order valence-electron chi connectivity index (χ1n) is 12.4.